The molecule has 0 N–H and O–H groups in total. The number of carbonyl (C=O) groups excluding carboxylic acids is 1. The van der Waals surface area contributed by atoms with Crippen molar-refractivity contribution in [1.82, 2.24) is 19.5 Å². The molecular weight excluding hydrogens is 466 g/mol. The average Bonchev–Trinajstić information content (AvgIpc) is 3.31. The van der Waals surface area contributed by atoms with E-state index >= 15 is 0 Å². The minimum absolute atomic E-state index is 0.238. The third-order valence-electron chi connectivity index (χ3n) is 6.38. The normalized spacial score (nSPS) is 14.2. The maximum atomic E-state index is 12.3. The zero-order chi connectivity index (χ0) is 26.0. The number of carbonyl (C=O) groups is 1. The number of methoxy groups -OCH3 is 1. The lowest BCUT2D eigenvalue weighted by Gasteiger charge is -2.36. The summed E-state index contributed by atoms with van der Waals surface area (Å²) in [6.07, 6.45) is 0.411. The van der Waals surface area contributed by atoms with Gasteiger partial charge >= 0.3 is 6.09 Å². The highest BCUT2D eigenvalue weighted by atomic mass is 16.6. The number of ether oxygens (including phenoxy) is 2. The van der Waals surface area contributed by atoms with E-state index < -0.39 is 5.60 Å². The Morgan fingerprint density at radius 2 is 1.62 bits per heavy atom. The number of hydrogen-bond acceptors (Lipinski definition) is 6. The first-order chi connectivity index (χ1) is 17.8. The molecule has 4 aromatic rings. The van der Waals surface area contributed by atoms with Crippen LogP contribution in [0.3, 0.4) is 0 Å². The predicted molar refractivity (Wildman–Crippen MR) is 144 cm³/mol. The van der Waals surface area contributed by atoms with E-state index in [1.807, 2.05) is 67.8 Å². The summed E-state index contributed by atoms with van der Waals surface area (Å²) < 4.78 is 12.7. The first-order valence-corrected chi connectivity index (χ1v) is 12.6. The molecule has 8 nitrogen and oxygen atoms in total. The molecule has 8 heteroatoms. The number of nitrogens with zero attached hydrogens (tertiary/aromatic N) is 5. The van der Waals surface area contributed by atoms with Gasteiger partial charge in [0.05, 0.1) is 12.8 Å². The van der Waals surface area contributed by atoms with Gasteiger partial charge in [0.25, 0.3) is 0 Å². The fourth-order valence-electron chi connectivity index (χ4n) is 4.49. The van der Waals surface area contributed by atoms with Gasteiger partial charge in [0.2, 0.25) is 0 Å². The summed E-state index contributed by atoms with van der Waals surface area (Å²) in [6, 6.07) is 22.5. The summed E-state index contributed by atoms with van der Waals surface area (Å²) in [5.41, 5.74) is 4.69. The highest BCUT2D eigenvalue weighted by Crippen LogP contribution is 2.24. The molecule has 0 aliphatic carbocycles. The summed E-state index contributed by atoms with van der Waals surface area (Å²) in [4.78, 5) is 21.2. The van der Waals surface area contributed by atoms with E-state index in [4.69, 9.17) is 19.6 Å². The van der Waals surface area contributed by atoms with E-state index in [0.29, 0.717) is 19.5 Å². The maximum absolute atomic E-state index is 12.3. The predicted octanol–water partition coefficient (Wildman–Crippen LogP) is 5.05. The summed E-state index contributed by atoms with van der Waals surface area (Å²) >= 11 is 0. The Morgan fingerprint density at radius 1 is 0.919 bits per heavy atom. The van der Waals surface area contributed by atoms with Crippen LogP contribution in [0, 0.1) is 0 Å². The van der Waals surface area contributed by atoms with Crippen molar-refractivity contribution in [1.29, 1.82) is 0 Å². The first-order valence-electron chi connectivity index (χ1n) is 12.6. The van der Waals surface area contributed by atoms with Crippen LogP contribution in [0.25, 0.3) is 16.9 Å². The number of rotatable bonds is 5. The van der Waals surface area contributed by atoms with E-state index in [1.165, 1.54) is 0 Å². The highest BCUT2D eigenvalue weighted by Gasteiger charge is 2.26. The van der Waals surface area contributed by atoms with E-state index in [2.05, 4.69) is 29.2 Å². The molecule has 0 spiro atoms. The van der Waals surface area contributed by atoms with Gasteiger partial charge in [0.15, 0.2) is 11.5 Å². The Morgan fingerprint density at radius 3 is 2.27 bits per heavy atom. The maximum Gasteiger partial charge on any atom is 0.410 e. The van der Waals surface area contributed by atoms with E-state index in [-0.39, 0.29) is 6.09 Å². The number of hydrogen-bond donors (Lipinski definition) is 0. The molecular formula is C29H33N5O3. The van der Waals surface area contributed by atoms with Crippen molar-refractivity contribution in [2.24, 2.45) is 0 Å². The summed E-state index contributed by atoms with van der Waals surface area (Å²) in [6.45, 7) is 8.54. The van der Waals surface area contributed by atoms with Crippen LogP contribution in [0.2, 0.25) is 0 Å². The number of pyridine rings is 1. The molecule has 0 radical (unpaired) electrons. The smallest absolute Gasteiger partial charge is 0.410 e. The fraction of sp³-hybridized carbons (Fsp3) is 0.345. The summed E-state index contributed by atoms with van der Waals surface area (Å²) in [5.74, 6) is 1.60. The monoisotopic (exact) mass is 499 g/mol. The van der Waals surface area contributed by atoms with Crippen LogP contribution in [0.1, 0.15) is 32.2 Å². The van der Waals surface area contributed by atoms with Crippen molar-refractivity contribution in [3.05, 3.63) is 78.1 Å². The zero-order valence-electron chi connectivity index (χ0n) is 21.8. The Labute approximate surface area is 217 Å². The minimum Gasteiger partial charge on any atom is -0.497 e. The van der Waals surface area contributed by atoms with Crippen LogP contribution < -0.4 is 9.64 Å². The number of fused-ring (bicyclic) bond motifs is 1. The second kappa shape index (κ2) is 10.1. The Hall–Kier alpha value is -4.07. The van der Waals surface area contributed by atoms with Crippen LogP contribution in [0.5, 0.6) is 5.75 Å². The topological polar surface area (TPSA) is 72.2 Å². The average molecular weight is 500 g/mol. The van der Waals surface area contributed by atoms with Gasteiger partial charge in [-0.3, -0.25) is 0 Å². The highest BCUT2D eigenvalue weighted by molar-refractivity contribution is 5.68. The molecule has 1 amide bonds. The van der Waals surface area contributed by atoms with Gasteiger partial charge in [-0.25, -0.2) is 14.3 Å². The van der Waals surface area contributed by atoms with Crippen molar-refractivity contribution >= 4 is 17.4 Å². The third kappa shape index (κ3) is 5.69. The summed E-state index contributed by atoms with van der Waals surface area (Å²) in [7, 11) is 1.67. The SMILES string of the molecule is COc1ccc(-c2cccc3nc(Cc4ccc(N5CCN(C(=O)OC(C)(C)C)CC5)cc4)nn23)cc1. The lowest BCUT2D eigenvalue weighted by molar-refractivity contribution is 0.0240. The number of amides is 1. The lowest BCUT2D eigenvalue weighted by atomic mass is 10.1. The van der Waals surface area contributed by atoms with Crippen molar-refractivity contribution in [3.8, 4) is 17.0 Å². The van der Waals surface area contributed by atoms with Crippen LogP contribution >= 0.6 is 0 Å². The molecule has 2 aromatic carbocycles. The van der Waals surface area contributed by atoms with Gasteiger partial charge in [-0.15, -0.1) is 0 Å². The van der Waals surface area contributed by atoms with E-state index in [9.17, 15) is 4.79 Å². The molecule has 1 fully saturated rings. The molecule has 1 saturated heterocycles. The zero-order valence-corrected chi connectivity index (χ0v) is 21.8. The first kappa shape index (κ1) is 24.6. The van der Waals surface area contributed by atoms with Crippen molar-refractivity contribution in [2.45, 2.75) is 32.8 Å². The Bertz CT molecular complexity index is 1370. The molecule has 1 aliphatic heterocycles. The third-order valence-corrected chi connectivity index (χ3v) is 6.38. The number of anilines is 1. The quantitative estimate of drug-likeness (QED) is 0.383. The number of piperazine rings is 1. The molecule has 2 aromatic heterocycles. The van der Waals surface area contributed by atoms with Crippen molar-refractivity contribution in [3.63, 3.8) is 0 Å². The van der Waals surface area contributed by atoms with Gasteiger partial charge in [-0.1, -0.05) is 18.2 Å². The molecule has 0 unspecified atom stereocenters. The number of aromatic nitrogens is 3. The van der Waals surface area contributed by atoms with Crippen molar-refractivity contribution < 1.29 is 14.3 Å². The standard InChI is InChI=1S/C29H33N5O3/c1-29(2,3)37-28(35)33-18-16-32(17-19-33)23-12-8-21(9-13-23)20-26-30-27-7-5-6-25(34(27)31-26)22-10-14-24(36-4)15-11-22/h5-15H,16-20H2,1-4H3. The molecule has 192 valence electrons. The van der Waals surface area contributed by atoms with Crippen LogP contribution in [-0.2, 0) is 11.2 Å². The van der Waals surface area contributed by atoms with Gasteiger partial charge < -0.3 is 19.3 Å². The Kier molecular flexibility index (Phi) is 6.74. The molecule has 3 heterocycles. The largest absolute Gasteiger partial charge is 0.497 e. The van der Waals surface area contributed by atoms with E-state index in [1.54, 1.807) is 12.0 Å². The minimum atomic E-state index is -0.475. The molecule has 0 saturated carbocycles. The van der Waals surface area contributed by atoms with Gasteiger partial charge in [0.1, 0.15) is 11.4 Å². The Balaban J connectivity index is 1.24. The second-order valence-corrected chi connectivity index (χ2v) is 10.2. The molecule has 0 atom stereocenters. The number of benzene rings is 2. The van der Waals surface area contributed by atoms with Gasteiger partial charge in [-0.2, -0.15) is 5.10 Å². The molecule has 1 aliphatic rings. The van der Waals surface area contributed by atoms with Crippen LogP contribution in [-0.4, -0.2) is 64.5 Å². The molecule has 0 bridgehead atoms. The van der Waals surface area contributed by atoms with Crippen LogP contribution in [0.15, 0.2) is 66.7 Å². The van der Waals surface area contributed by atoms with Crippen LogP contribution in [0.4, 0.5) is 10.5 Å². The molecule has 5 rings (SSSR count). The van der Waals surface area contributed by atoms with Gasteiger partial charge in [-0.05, 0) is 74.9 Å². The van der Waals surface area contributed by atoms with E-state index in [0.717, 1.165) is 52.8 Å². The fourth-order valence-corrected chi connectivity index (χ4v) is 4.49. The summed E-state index contributed by atoms with van der Waals surface area (Å²) in [5, 5.41) is 4.80. The lowest BCUT2D eigenvalue weighted by Crippen LogP contribution is -2.50. The second-order valence-electron chi connectivity index (χ2n) is 10.2. The van der Waals surface area contributed by atoms with Crippen molar-refractivity contribution in [2.75, 3.05) is 38.2 Å². The molecule has 37 heavy (non-hydrogen) atoms. The van der Waals surface area contributed by atoms with Gasteiger partial charge in [0, 0.05) is 43.9 Å².